The summed E-state index contributed by atoms with van der Waals surface area (Å²) in [6.07, 6.45) is 3.15. The van der Waals surface area contributed by atoms with Crippen LogP contribution in [0.1, 0.15) is 37.6 Å². The van der Waals surface area contributed by atoms with Crippen molar-refractivity contribution in [1.29, 1.82) is 0 Å². The zero-order valence-corrected chi connectivity index (χ0v) is 13.1. The summed E-state index contributed by atoms with van der Waals surface area (Å²) in [7, 11) is 0. The molecule has 0 unspecified atom stereocenters. The molecular weight excluding hydrogens is 256 g/mol. The van der Waals surface area contributed by atoms with Crippen LogP contribution in [0, 0.1) is 0 Å². The maximum Gasteiger partial charge on any atom is 0.251 e. The molecule has 2 N–H and O–H groups in total. The van der Waals surface area contributed by atoms with Gasteiger partial charge in [0, 0.05) is 29.1 Å². The minimum absolute atomic E-state index is 0.0100. The quantitative estimate of drug-likeness (QED) is 0.804. The summed E-state index contributed by atoms with van der Waals surface area (Å²) in [5.74, 6) is -0.0100. The number of carbonyl (C=O) groups is 1. The van der Waals surface area contributed by atoms with Crippen LogP contribution in [0.15, 0.2) is 24.3 Å². The molecule has 1 rings (SSSR count). The van der Waals surface area contributed by atoms with Crippen molar-refractivity contribution in [3.63, 3.8) is 0 Å². The van der Waals surface area contributed by atoms with Gasteiger partial charge in [0.15, 0.2) is 0 Å². The topological polar surface area (TPSA) is 41.1 Å². The Hall–Kier alpha value is -1.16. The summed E-state index contributed by atoms with van der Waals surface area (Å²) >= 11 is 1.75. The van der Waals surface area contributed by atoms with E-state index in [-0.39, 0.29) is 10.7 Å². The van der Waals surface area contributed by atoms with Crippen LogP contribution in [0.25, 0.3) is 0 Å². The van der Waals surface area contributed by atoms with Crippen LogP contribution < -0.4 is 10.6 Å². The monoisotopic (exact) mass is 280 g/mol. The van der Waals surface area contributed by atoms with Crippen LogP contribution >= 0.6 is 11.8 Å². The average molecular weight is 280 g/mol. The van der Waals surface area contributed by atoms with Crippen LogP contribution in [0.3, 0.4) is 0 Å². The van der Waals surface area contributed by atoms with Gasteiger partial charge in [-0.05, 0) is 50.8 Å². The molecule has 0 aliphatic rings. The standard InChI is InChI=1S/C15H24N2OS/c1-5-10-16-13-8-6-12(7-9-13)14(18)17-11-15(2,3)19-4/h6-9,16H,5,10-11H2,1-4H3,(H,17,18). The van der Waals surface area contributed by atoms with Gasteiger partial charge >= 0.3 is 0 Å². The van der Waals surface area contributed by atoms with E-state index in [0.717, 1.165) is 18.7 Å². The Bertz CT molecular complexity index is 401. The summed E-state index contributed by atoms with van der Waals surface area (Å²) in [4.78, 5) is 12.0. The van der Waals surface area contributed by atoms with Gasteiger partial charge in [-0.15, -0.1) is 0 Å². The molecule has 106 valence electrons. The molecule has 0 fully saturated rings. The fourth-order valence-electron chi connectivity index (χ4n) is 1.48. The van der Waals surface area contributed by atoms with Gasteiger partial charge in [0.1, 0.15) is 0 Å². The zero-order chi connectivity index (χ0) is 14.3. The summed E-state index contributed by atoms with van der Waals surface area (Å²) < 4.78 is 0.0677. The molecule has 0 spiro atoms. The number of thioether (sulfide) groups is 1. The highest BCUT2D eigenvalue weighted by atomic mass is 32.2. The molecule has 0 heterocycles. The highest BCUT2D eigenvalue weighted by Gasteiger charge is 2.17. The molecule has 4 heteroatoms. The molecule has 0 bridgehead atoms. The maximum atomic E-state index is 12.0. The number of nitrogens with one attached hydrogen (secondary N) is 2. The minimum atomic E-state index is -0.0100. The van der Waals surface area contributed by atoms with Crippen molar-refractivity contribution in [2.24, 2.45) is 0 Å². The van der Waals surface area contributed by atoms with E-state index in [1.165, 1.54) is 0 Å². The Kier molecular flexibility index (Phi) is 6.22. The van der Waals surface area contributed by atoms with Gasteiger partial charge in [0.25, 0.3) is 5.91 Å². The van der Waals surface area contributed by atoms with Crippen molar-refractivity contribution >= 4 is 23.4 Å². The average Bonchev–Trinajstić information content (AvgIpc) is 2.43. The predicted molar refractivity (Wildman–Crippen MR) is 85.1 cm³/mol. The van der Waals surface area contributed by atoms with E-state index in [1.807, 2.05) is 24.3 Å². The van der Waals surface area contributed by atoms with Crippen molar-refractivity contribution in [2.75, 3.05) is 24.7 Å². The van der Waals surface area contributed by atoms with Crippen LogP contribution in [0.2, 0.25) is 0 Å². The third kappa shape index (κ3) is 5.55. The third-order valence-electron chi connectivity index (χ3n) is 2.95. The Morgan fingerprint density at radius 3 is 2.42 bits per heavy atom. The van der Waals surface area contributed by atoms with Crippen molar-refractivity contribution in [3.8, 4) is 0 Å². The van der Waals surface area contributed by atoms with Gasteiger partial charge in [-0.25, -0.2) is 0 Å². The summed E-state index contributed by atoms with van der Waals surface area (Å²) in [6, 6.07) is 7.62. The summed E-state index contributed by atoms with van der Waals surface area (Å²) in [5.41, 5.74) is 1.77. The van der Waals surface area contributed by atoms with Gasteiger partial charge in [-0.3, -0.25) is 4.79 Å². The van der Waals surface area contributed by atoms with Gasteiger partial charge in [-0.2, -0.15) is 11.8 Å². The fraction of sp³-hybridized carbons (Fsp3) is 0.533. The smallest absolute Gasteiger partial charge is 0.251 e. The van der Waals surface area contributed by atoms with Crippen molar-refractivity contribution in [3.05, 3.63) is 29.8 Å². The van der Waals surface area contributed by atoms with Crippen LogP contribution in [0.5, 0.6) is 0 Å². The number of rotatable bonds is 7. The third-order valence-corrected chi connectivity index (χ3v) is 4.20. The molecule has 1 aromatic carbocycles. The van der Waals surface area contributed by atoms with Gasteiger partial charge in [0.05, 0.1) is 0 Å². The van der Waals surface area contributed by atoms with Crippen LogP contribution in [-0.4, -0.2) is 30.0 Å². The lowest BCUT2D eigenvalue weighted by Gasteiger charge is -2.22. The summed E-state index contributed by atoms with van der Waals surface area (Å²) in [6.45, 7) is 7.99. The lowest BCUT2D eigenvalue weighted by molar-refractivity contribution is 0.0951. The highest BCUT2D eigenvalue weighted by molar-refractivity contribution is 7.99. The molecule has 0 saturated carbocycles. The molecule has 3 nitrogen and oxygen atoms in total. The Balaban J connectivity index is 2.53. The summed E-state index contributed by atoms with van der Waals surface area (Å²) in [5, 5.41) is 6.26. The van der Waals surface area contributed by atoms with Crippen LogP contribution in [0.4, 0.5) is 5.69 Å². The zero-order valence-electron chi connectivity index (χ0n) is 12.2. The largest absolute Gasteiger partial charge is 0.385 e. The van der Waals surface area contributed by atoms with E-state index in [4.69, 9.17) is 0 Å². The van der Waals surface area contributed by atoms with E-state index in [9.17, 15) is 4.79 Å². The molecule has 0 saturated heterocycles. The Morgan fingerprint density at radius 2 is 1.89 bits per heavy atom. The molecule has 1 aromatic rings. The molecule has 19 heavy (non-hydrogen) atoms. The Morgan fingerprint density at radius 1 is 1.26 bits per heavy atom. The lowest BCUT2D eigenvalue weighted by Crippen LogP contribution is -2.36. The highest BCUT2D eigenvalue weighted by Crippen LogP contribution is 2.19. The second-order valence-corrected chi connectivity index (χ2v) is 6.66. The normalized spacial score (nSPS) is 11.2. The van der Waals surface area contributed by atoms with Crippen molar-refractivity contribution in [1.82, 2.24) is 5.32 Å². The van der Waals surface area contributed by atoms with Gasteiger partial charge in [-0.1, -0.05) is 6.92 Å². The maximum absolute atomic E-state index is 12.0. The minimum Gasteiger partial charge on any atom is -0.385 e. The fourth-order valence-corrected chi connectivity index (χ4v) is 1.69. The van der Waals surface area contributed by atoms with Gasteiger partial charge < -0.3 is 10.6 Å². The second kappa shape index (κ2) is 7.43. The second-order valence-electron chi connectivity index (χ2n) is 5.15. The van der Waals surface area contributed by atoms with E-state index >= 15 is 0 Å². The number of hydrogen-bond donors (Lipinski definition) is 2. The molecular formula is C15H24N2OS. The lowest BCUT2D eigenvalue weighted by atomic mass is 10.1. The number of amides is 1. The SMILES string of the molecule is CCCNc1ccc(C(=O)NCC(C)(C)SC)cc1. The first-order chi connectivity index (χ1) is 8.98. The first-order valence-electron chi connectivity index (χ1n) is 6.66. The Labute approximate surface area is 120 Å². The number of carbonyl (C=O) groups excluding carboxylic acids is 1. The molecule has 0 aliphatic carbocycles. The predicted octanol–water partition coefficient (Wildman–Crippen LogP) is 3.38. The first kappa shape index (κ1) is 15.9. The van der Waals surface area contributed by atoms with Gasteiger partial charge in [0.2, 0.25) is 0 Å². The van der Waals surface area contributed by atoms with Crippen molar-refractivity contribution < 1.29 is 4.79 Å². The molecule has 0 aromatic heterocycles. The number of anilines is 1. The van der Waals surface area contributed by atoms with Crippen LogP contribution in [-0.2, 0) is 0 Å². The van der Waals surface area contributed by atoms with E-state index < -0.39 is 0 Å². The van der Waals surface area contributed by atoms with E-state index in [2.05, 4.69) is 37.7 Å². The molecule has 0 radical (unpaired) electrons. The molecule has 0 atom stereocenters. The molecule has 1 amide bonds. The molecule has 0 aliphatic heterocycles. The number of hydrogen-bond acceptors (Lipinski definition) is 3. The van der Waals surface area contributed by atoms with Crippen molar-refractivity contribution in [2.45, 2.75) is 31.9 Å². The first-order valence-corrected chi connectivity index (χ1v) is 7.88. The number of benzene rings is 1. The van der Waals surface area contributed by atoms with E-state index in [0.29, 0.717) is 12.1 Å². The van der Waals surface area contributed by atoms with E-state index in [1.54, 1.807) is 11.8 Å².